The van der Waals surface area contributed by atoms with E-state index >= 15 is 0 Å². The predicted octanol–water partition coefficient (Wildman–Crippen LogP) is 2.90. The van der Waals surface area contributed by atoms with Gasteiger partial charge in [-0.2, -0.15) is 0 Å². The molecule has 1 heterocycles. The zero-order chi connectivity index (χ0) is 21.7. The van der Waals surface area contributed by atoms with Gasteiger partial charge in [-0.15, -0.1) is 11.8 Å². The zero-order valence-corrected chi connectivity index (χ0v) is 17.9. The second-order valence-electron chi connectivity index (χ2n) is 6.89. The van der Waals surface area contributed by atoms with Gasteiger partial charge in [0.1, 0.15) is 5.75 Å². The van der Waals surface area contributed by atoms with Crippen molar-refractivity contribution in [2.75, 3.05) is 32.1 Å². The van der Waals surface area contributed by atoms with Crippen LogP contribution in [0.3, 0.4) is 0 Å². The van der Waals surface area contributed by atoms with Crippen LogP contribution in [0.1, 0.15) is 17.7 Å². The number of carbonyl (C=O) groups excluding carboxylic acids is 3. The number of methoxy groups -OCH3 is 1. The third-order valence-electron chi connectivity index (χ3n) is 4.79. The molecule has 2 amide bonds. The van der Waals surface area contributed by atoms with E-state index < -0.39 is 17.3 Å². The zero-order valence-electron chi connectivity index (χ0n) is 17.1. The molecule has 7 nitrogen and oxygen atoms in total. The first-order chi connectivity index (χ1) is 14.4. The Morgan fingerprint density at radius 2 is 1.90 bits per heavy atom. The van der Waals surface area contributed by atoms with E-state index in [0.29, 0.717) is 25.2 Å². The average molecular weight is 429 g/mol. The Balaban J connectivity index is 2.04. The van der Waals surface area contributed by atoms with Crippen LogP contribution in [0.5, 0.6) is 5.75 Å². The molecule has 0 aliphatic carbocycles. The summed E-state index contributed by atoms with van der Waals surface area (Å²) in [4.78, 5) is 40.4. The van der Waals surface area contributed by atoms with Crippen LogP contribution in [0, 0.1) is 0 Å². The van der Waals surface area contributed by atoms with Gasteiger partial charge in [0.15, 0.2) is 6.10 Å². The standard InChI is InChI=1S/C22H24N2O5S/c1-15(26)29-20-21(16-8-10-17(28-3)11-9-16)30-19-7-5-4-6-18(19)24(22(20)27)13-12-23(2)14-25/h4-11,14,20-21H,12-13H2,1-3H3/t20-,21+/m1/s1. The smallest absolute Gasteiger partial charge is 0.303 e. The van der Waals surface area contributed by atoms with Crippen molar-refractivity contribution >= 4 is 35.7 Å². The van der Waals surface area contributed by atoms with E-state index in [4.69, 9.17) is 9.47 Å². The maximum atomic E-state index is 13.6. The SMILES string of the molecule is COc1ccc([C@@H]2Sc3ccccc3N(CCN(C)C=O)C(=O)[C@@H]2OC(C)=O)cc1. The fourth-order valence-corrected chi connectivity index (χ4v) is 4.57. The number of nitrogens with zero attached hydrogens (tertiary/aromatic N) is 2. The molecule has 158 valence electrons. The number of benzene rings is 2. The highest BCUT2D eigenvalue weighted by Crippen LogP contribution is 2.46. The van der Waals surface area contributed by atoms with E-state index in [1.807, 2.05) is 48.5 Å². The molecule has 0 N–H and O–H groups in total. The average Bonchev–Trinajstić information content (AvgIpc) is 2.87. The lowest BCUT2D eigenvalue weighted by atomic mass is 10.1. The molecule has 30 heavy (non-hydrogen) atoms. The van der Waals surface area contributed by atoms with Gasteiger partial charge in [-0.25, -0.2) is 0 Å². The van der Waals surface area contributed by atoms with Crippen molar-refractivity contribution in [3.05, 3.63) is 54.1 Å². The number of hydrogen-bond acceptors (Lipinski definition) is 6. The molecule has 0 saturated carbocycles. The number of carbonyl (C=O) groups is 3. The summed E-state index contributed by atoms with van der Waals surface area (Å²) in [6.07, 6.45) is -0.290. The first-order valence-corrected chi connectivity index (χ1v) is 10.4. The lowest BCUT2D eigenvalue weighted by Gasteiger charge is -2.28. The topological polar surface area (TPSA) is 76.2 Å². The molecule has 0 unspecified atom stereocenters. The minimum Gasteiger partial charge on any atom is -0.497 e. The van der Waals surface area contributed by atoms with E-state index in [1.165, 1.54) is 23.6 Å². The van der Waals surface area contributed by atoms with Crippen molar-refractivity contribution in [1.82, 2.24) is 4.90 Å². The molecule has 2 atom stereocenters. The van der Waals surface area contributed by atoms with Gasteiger partial charge < -0.3 is 19.3 Å². The number of likely N-dealkylation sites (N-methyl/N-ethyl adjacent to an activating group) is 1. The molecule has 0 bridgehead atoms. The van der Waals surface area contributed by atoms with Gasteiger partial charge in [0.05, 0.1) is 18.0 Å². The summed E-state index contributed by atoms with van der Waals surface area (Å²) >= 11 is 1.48. The lowest BCUT2D eigenvalue weighted by molar-refractivity contribution is -0.152. The van der Waals surface area contributed by atoms with Crippen LogP contribution < -0.4 is 9.64 Å². The number of rotatable bonds is 7. The molecule has 0 radical (unpaired) electrons. The van der Waals surface area contributed by atoms with Crippen LogP contribution in [-0.2, 0) is 19.1 Å². The molecule has 0 aromatic heterocycles. The third-order valence-corrected chi connectivity index (χ3v) is 6.16. The summed E-state index contributed by atoms with van der Waals surface area (Å²) in [5.74, 6) is -0.141. The number of para-hydroxylation sites is 1. The molecular formula is C22H24N2O5S. The number of esters is 1. The van der Waals surface area contributed by atoms with Gasteiger partial charge in [0.2, 0.25) is 6.41 Å². The van der Waals surface area contributed by atoms with E-state index in [-0.39, 0.29) is 5.91 Å². The van der Waals surface area contributed by atoms with Gasteiger partial charge in [0.25, 0.3) is 5.91 Å². The summed E-state index contributed by atoms with van der Waals surface area (Å²) in [5, 5.41) is -0.428. The second-order valence-corrected chi connectivity index (χ2v) is 8.07. The number of amides is 2. The van der Waals surface area contributed by atoms with Crippen molar-refractivity contribution in [3.63, 3.8) is 0 Å². The fourth-order valence-electron chi connectivity index (χ4n) is 3.25. The Bertz CT molecular complexity index is 918. The number of anilines is 1. The molecule has 1 aliphatic heterocycles. The molecular weight excluding hydrogens is 404 g/mol. The molecule has 2 aromatic carbocycles. The Morgan fingerprint density at radius 3 is 2.53 bits per heavy atom. The molecule has 0 saturated heterocycles. The Hall–Kier alpha value is -3.00. The number of ether oxygens (including phenoxy) is 2. The van der Waals surface area contributed by atoms with Crippen LogP contribution in [-0.4, -0.2) is 56.5 Å². The quantitative estimate of drug-likeness (QED) is 0.499. The lowest BCUT2D eigenvalue weighted by Crippen LogP contribution is -2.45. The molecule has 0 spiro atoms. The molecule has 1 aliphatic rings. The number of thioether (sulfide) groups is 1. The second kappa shape index (κ2) is 9.67. The minimum atomic E-state index is -1.00. The van der Waals surface area contributed by atoms with Crippen LogP contribution in [0.25, 0.3) is 0 Å². The third kappa shape index (κ3) is 4.76. The molecule has 8 heteroatoms. The van der Waals surface area contributed by atoms with Crippen LogP contribution in [0.2, 0.25) is 0 Å². The molecule has 3 rings (SSSR count). The molecule has 0 fully saturated rings. The number of hydrogen-bond donors (Lipinski definition) is 0. The van der Waals surface area contributed by atoms with Gasteiger partial charge >= 0.3 is 5.97 Å². The van der Waals surface area contributed by atoms with Crippen molar-refractivity contribution in [1.29, 1.82) is 0 Å². The van der Waals surface area contributed by atoms with Crippen molar-refractivity contribution in [3.8, 4) is 5.75 Å². The monoisotopic (exact) mass is 428 g/mol. The predicted molar refractivity (Wildman–Crippen MR) is 115 cm³/mol. The summed E-state index contributed by atoms with van der Waals surface area (Å²) in [6.45, 7) is 1.94. The molecule has 2 aromatic rings. The van der Waals surface area contributed by atoms with Crippen LogP contribution in [0.4, 0.5) is 5.69 Å². The normalized spacial score (nSPS) is 18.2. The highest BCUT2D eigenvalue weighted by atomic mass is 32.2. The minimum absolute atomic E-state index is 0.290. The Labute approximate surface area is 179 Å². The largest absolute Gasteiger partial charge is 0.497 e. The summed E-state index contributed by atoms with van der Waals surface area (Å²) in [7, 11) is 3.24. The Morgan fingerprint density at radius 1 is 1.20 bits per heavy atom. The maximum Gasteiger partial charge on any atom is 0.303 e. The Kier molecular flexibility index (Phi) is 6.99. The van der Waals surface area contributed by atoms with E-state index in [0.717, 1.165) is 16.1 Å². The first-order valence-electron chi connectivity index (χ1n) is 9.48. The summed E-state index contributed by atoms with van der Waals surface area (Å²) in [5.41, 5.74) is 1.59. The van der Waals surface area contributed by atoms with Crippen LogP contribution in [0.15, 0.2) is 53.4 Å². The highest BCUT2D eigenvalue weighted by molar-refractivity contribution is 7.99. The van der Waals surface area contributed by atoms with Gasteiger partial charge in [0, 0.05) is 32.0 Å². The van der Waals surface area contributed by atoms with Crippen molar-refractivity contribution in [2.45, 2.75) is 23.2 Å². The first kappa shape index (κ1) is 21.7. The van der Waals surface area contributed by atoms with E-state index in [9.17, 15) is 14.4 Å². The fraction of sp³-hybridized carbons (Fsp3) is 0.318. The summed E-state index contributed by atoms with van der Waals surface area (Å²) < 4.78 is 10.8. The van der Waals surface area contributed by atoms with Crippen molar-refractivity contribution in [2.24, 2.45) is 0 Å². The van der Waals surface area contributed by atoms with E-state index in [1.54, 1.807) is 19.1 Å². The maximum absolute atomic E-state index is 13.6. The van der Waals surface area contributed by atoms with E-state index in [2.05, 4.69) is 0 Å². The highest BCUT2D eigenvalue weighted by Gasteiger charge is 2.40. The van der Waals surface area contributed by atoms with Crippen LogP contribution >= 0.6 is 11.8 Å². The van der Waals surface area contributed by atoms with Crippen molar-refractivity contribution < 1.29 is 23.9 Å². The van der Waals surface area contributed by atoms with Gasteiger partial charge in [-0.05, 0) is 29.8 Å². The van der Waals surface area contributed by atoms with Gasteiger partial charge in [-0.1, -0.05) is 24.3 Å². The number of fused-ring (bicyclic) bond motifs is 1. The summed E-state index contributed by atoms with van der Waals surface area (Å²) in [6, 6.07) is 15.0. The van der Waals surface area contributed by atoms with Gasteiger partial charge in [-0.3, -0.25) is 14.4 Å².